The molecular weight excluding hydrogens is 313 g/mol. The summed E-state index contributed by atoms with van der Waals surface area (Å²) < 4.78 is 18.7. The molecule has 3 heteroatoms. The molecule has 0 radical (unpaired) electrons. The van der Waals surface area contributed by atoms with Gasteiger partial charge in [-0.1, -0.05) is 43.3 Å². The molecule has 0 spiro atoms. The molecule has 0 saturated heterocycles. The SMILES string of the molecule is CCc1ccc(NCc2cccc(OCc3ccc(F)cc3)c2)cc1. The van der Waals surface area contributed by atoms with Crippen LogP contribution in [0.2, 0.25) is 0 Å². The first kappa shape index (κ1) is 17.0. The van der Waals surface area contributed by atoms with Crippen LogP contribution in [-0.2, 0) is 19.6 Å². The second kappa shape index (κ2) is 8.34. The van der Waals surface area contributed by atoms with Gasteiger partial charge in [-0.2, -0.15) is 0 Å². The average molecular weight is 335 g/mol. The fourth-order valence-electron chi connectivity index (χ4n) is 2.55. The van der Waals surface area contributed by atoms with Crippen LogP contribution in [0.1, 0.15) is 23.6 Å². The highest BCUT2D eigenvalue weighted by Gasteiger charge is 2.00. The number of ether oxygens (including phenoxy) is 1. The van der Waals surface area contributed by atoms with Gasteiger partial charge in [-0.3, -0.25) is 0 Å². The molecule has 0 aliphatic carbocycles. The molecule has 0 amide bonds. The molecule has 3 aromatic rings. The number of hydrogen-bond donors (Lipinski definition) is 1. The molecule has 0 aliphatic heterocycles. The smallest absolute Gasteiger partial charge is 0.123 e. The Balaban J connectivity index is 1.56. The molecule has 0 heterocycles. The van der Waals surface area contributed by atoms with Gasteiger partial charge in [0.05, 0.1) is 0 Å². The first-order chi connectivity index (χ1) is 12.2. The Kier molecular flexibility index (Phi) is 5.68. The summed E-state index contributed by atoms with van der Waals surface area (Å²) in [5, 5.41) is 3.42. The highest BCUT2D eigenvalue weighted by atomic mass is 19.1. The van der Waals surface area contributed by atoms with Crippen molar-refractivity contribution < 1.29 is 9.13 Å². The van der Waals surface area contributed by atoms with E-state index in [0.29, 0.717) is 6.61 Å². The molecule has 1 N–H and O–H groups in total. The molecule has 3 aromatic carbocycles. The van der Waals surface area contributed by atoms with Crippen molar-refractivity contribution in [2.24, 2.45) is 0 Å². The predicted molar refractivity (Wildman–Crippen MR) is 100 cm³/mol. The van der Waals surface area contributed by atoms with Crippen LogP contribution in [0.5, 0.6) is 5.75 Å². The molecule has 0 aromatic heterocycles. The van der Waals surface area contributed by atoms with E-state index in [1.54, 1.807) is 12.1 Å². The van der Waals surface area contributed by atoms with E-state index in [1.165, 1.54) is 17.7 Å². The lowest BCUT2D eigenvalue weighted by molar-refractivity contribution is 0.306. The molecule has 2 nitrogen and oxygen atoms in total. The van der Waals surface area contributed by atoms with Gasteiger partial charge in [0.15, 0.2) is 0 Å². The molecule has 0 unspecified atom stereocenters. The number of anilines is 1. The third-order valence-corrected chi connectivity index (χ3v) is 4.08. The van der Waals surface area contributed by atoms with Gasteiger partial charge < -0.3 is 10.1 Å². The lowest BCUT2D eigenvalue weighted by atomic mass is 10.1. The van der Waals surface area contributed by atoms with Crippen molar-refractivity contribution in [1.82, 2.24) is 0 Å². The van der Waals surface area contributed by atoms with Crippen molar-refractivity contribution in [3.63, 3.8) is 0 Å². The summed E-state index contributed by atoms with van der Waals surface area (Å²) in [5.41, 5.74) is 4.54. The van der Waals surface area contributed by atoms with Crippen molar-refractivity contribution in [3.05, 3.63) is 95.3 Å². The second-order valence-corrected chi connectivity index (χ2v) is 5.97. The summed E-state index contributed by atoms with van der Waals surface area (Å²) in [6, 6.07) is 22.9. The molecule has 0 fully saturated rings. The van der Waals surface area contributed by atoms with E-state index in [9.17, 15) is 4.39 Å². The Morgan fingerprint density at radius 2 is 1.56 bits per heavy atom. The van der Waals surface area contributed by atoms with E-state index < -0.39 is 0 Å². The molecule has 0 atom stereocenters. The zero-order valence-electron chi connectivity index (χ0n) is 14.3. The number of rotatable bonds is 7. The Labute approximate surface area is 148 Å². The number of aryl methyl sites for hydroxylation is 1. The maximum absolute atomic E-state index is 12.9. The van der Waals surface area contributed by atoms with Crippen LogP contribution in [0.25, 0.3) is 0 Å². The number of halogens is 1. The lowest BCUT2D eigenvalue weighted by Crippen LogP contribution is -2.00. The third-order valence-electron chi connectivity index (χ3n) is 4.08. The monoisotopic (exact) mass is 335 g/mol. The highest BCUT2D eigenvalue weighted by Crippen LogP contribution is 2.17. The third kappa shape index (κ3) is 5.08. The van der Waals surface area contributed by atoms with Gasteiger partial charge in [0.2, 0.25) is 0 Å². The first-order valence-corrected chi connectivity index (χ1v) is 8.52. The minimum Gasteiger partial charge on any atom is -0.489 e. The number of benzene rings is 3. The molecule has 128 valence electrons. The van der Waals surface area contributed by atoms with Gasteiger partial charge in [0, 0.05) is 12.2 Å². The molecule has 0 saturated carbocycles. The summed E-state index contributed by atoms with van der Waals surface area (Å²) in [6.07, 6.45) is 1.05. The average Bonchev–Trinajstić information content (AvgIpc) is 2.67. The zero-order chi connectivity index (χ0) is 17.5. The highest BCUT2D eigenvalue weighted by molar-refractivity contribution is 5.45. The van der Waals surface area contributed by atoms with Crippen molar-refractivity contribution >= 4 is 5.69 Å². The van der Waals surface area contributed by atoms with E-state index in [4.69, 9.17) is 4.74 Å². The number of hydrogen-bond acceptors (Lipinski definition) is 2. The van der Waals surface area contributed by atoms with Crippen LogP contribution in [-0.4, -0.2) is 0 Å². The van der Waals surface area contributed by atoms with Crippen LogP contribution in [0.15, 0.2) is 72.8 Å². The van der Waals surface area contributed by atoms with Crippen LogP contribution < -0.4 is 10.1 Å². The Morgan fingerprint density at radius 3 is 2.28 bits per heavy atom. The fraction of sp³-hybridized carbons (Fsp3) is 0.182. The second-order valence-electron chi connectivity index (χ2n) is 5.97. The lowest BCUT2D eigenvalue weighted by Gasteiger charge is -2.10. The summed E-state index contributed by atoms with van der Waals surface area (Å²) in [5.74, 6) is 0.578. The van der Waals surface area contributed by atoms with E-state index in [2.05, 4.69) is 42.6 Å². The van der Waals surface area contributed by atoms with E-state index >= 15 is 0 Å². The number of nitrogens with one attached hydrogen (secondary N) is 1. The molecule has 3 rings (SSSR count). The fourth-order valence-corrected chi connectivity index (χ4v) is 2.55. The summed E-state index contributed by atoms with van der Waals surface area (Å²) in [4.78, 5) is 0. The topological polar surface area (TPSA) is 21.3 Å². The maximum atomic E-state index is 12.9. The Hall–Kier alpha value is -2.81. The van der Waals surface area contributed by atoms with Gasteiger partial charge in [-0.05, 0) is 59.5 Å². The minimum absolute atomic E-state index is 0.233. The van der Waals surface area contributed by atoms with Gasteiger partial charge >= 0.3 is 0 Å². The predicted octanol–water partition coefficient (Wildman–Crippen LogP) is 5.58. The molecule has 25 heavy (non-hydrogen) atoms. The van der Waals surface area contributed by atoms with E-state index in [0.717, 1.165) is 35.5 Å². The van der Waals surface area contributed by atoms with Gasteiger partial charge in [0.1, 0.15) is 18.2 Å². The zero-order valence-corrected chi connectivity index (χ0v) is 14.3. The minimum atomic E-state index is -0.233. The Bertz CT molecular complexity index is 797. The van der Waals surface area contributed by atoms with Crippen molar-refractivity contribution in [2.75, 3.05) is 5.32 Å². The van der Waals surface area contributed by atoms with Crippen LogP contribution >= 0.6 is 0 Å². The summed E-state index contributed by atoms with van der Waals surface area (Å²) in [6.45, 7) is 3.31. The summed E-state index contributed by atoms with van der Waals surface area (Å²) >= 11 is 0. The van der Waals surface area contributed by atoms with Gasteiger partial charge in [-0.25, -0.2) is 4.39 Å². The van der Waals surface area contributed by atoms with Crippen LogP contribution in [0, 0.1) is 5.82 Å². The summed E-state index contributed by atoms with van der Waals surface area (Å²) in [7, 11) is 0. The Morgan fingerprint density at radius 1 is 0.840 bits per heavy atom. The first-order valence-electron chi connectivity index (χ1n) is 8.52. The van der Waals surface area contributed by atoms with Crippen LogP contribution in [0.4, 0.5) is 10.1 Å². The van der Waals surface area contributed by atoms with Crippen molar-refractivity contribution in [1.29, 1.82) is 0 Å². The largest absolute Gasteiger partial charge is 0.489 e. The normalized spacial score (nSPS) is 10.5. The quantitative estimate of drug-likeness (QED) is 0.608. The molecule has 0 bridgehead atoms. The molecule has 0 aliphatic rings. The van der Waals surface area contributed by atoms with E-state index in [-0.39, 0.29) is 5.82 Å². The maximum Gasteiger partial charge on any atom is 0.123 e. The van der Waals surface area contributed by atoms with E-state index in [1.807, 2.05) is 18.2 Å². The standard InChI is InChI=1S/C22H22FNO/c1-2-17-8-12-21(13-9-17)24-15-19-4-3-5-22(14-19)25-16-18-6-10-20(23)11-7-18/h3-14,24H,2,15-16H2,1H3. The van der Waals surface area contributed by atoms with Gasteiger partial charge in [0.25, 0.3) is 0 Å². The van der Waals surface area contributed by atoms with Gasteiger partial charge in [-0.15, -0.1) is 0 Å². The van der Waals surface area contributed by atoms with Crippen LogP contribution in [0.3, 0.4) is 0 Å². The molecular formula is C22H22FNO. The van der Waals surface area contributed by atoms with Crippen molar-refractivity contribution in [2.45, 2.75) is 26.5 Å². The van der Waals surface area contributed by atoms with Crippen molar-refractivity contribution in [3.8, 4) is 5.75 Å².